The maximum atomic E-state index is 13.8. The highest BCUT2D eigenvalue weighted by atomic mass is 19.1. The Morgan fingerprint density at radius 2 is 2.32 bits per heavy atom. The number of aryl methyl sites for hydroxylation is 2. The summed E-state index contributed by atoms with van der Waals surface area (Å²) in [6.07, 6.45) is 3.44. The third-order valence-corrected chi connectivity index (χ3v) is 5.27. The number of ether oxygens (including phenoxy) is 1. The number of halogens is 1. The Morgan fingerprint density at radius 1 is 1.44 bits per heavy atom. The molecule has 134 valence electrons. The Kier molecular flexibility index (Phi) is 4.21. The van der Waals surface area contributed by atoms with Gasteiger partial charge in [0, 0.05) is 37.8 Å². The molecule has 0 unspecified atom stereocenters. The summed E-state index contributed by atoms with van der Waals surface area (Å²) in [6, 6.07) is 3.10. The second-order valence-corrected chi connectivity index (χ2v) is 7.14. The highest BCUT2D eigenvalue weighted by molar-refractivity contribution is 5.37. The molecule has 0 bridgehead atoms. The summed E-state index contributed by atoms with van der Waals surface area (Å²) in [6.45, 7) is 7.20. The molecule has 2 aliphatic rings. The molecular formula is C18H23FN4O2. The SMILES string of the molecule is Cc1noc(C)c1CN1CC[C@@]2(C[C@@H](Nc3ncccc3F)CO2)C1. The van der Waals surface area contributed by atoms with Crippen molar-refractivity contribution in [3.63, 3.8) is 0 Å². The van der Waals surface area contributed by atoms with Gasteiger partial charge in [-0.3, -0.25) is 4.90 Å². The lowest BCUT2D eigenvalue weighted by molar-refractivity contribution is 0.0119. The number of nitrogens with zero attached hydrogens (tertiary/aromatic N) is 3. The van der Waals surface area contributed by atoms with Crippen LogP contribution in [0.3, 0.4) is 0 Å². The highest BCUT2D eigenvalue weighted by Gasteiger charge is 2.45. The van der Waals surface area contributed by atoms with Gasteiger partial charge in [0.1, 0.15) is 5.76 Å². The Morgan fingerprint density at radius 3 is 3.08 bits per heavy atom. The molecular weight excluding hydrogens is 323 g/mol. The van der Waals surface area contributed by atoms with Gasteiger partial charge in [0.2, 0.25) is 0 Å². The first-order valence-corrected chi connectivity index (χ1v) is 8.70. The molecule has 0 amide bonds. The number of anilines is 1. The van der Waals surface area contributed by atoms with Gasteiger partial charge in [-0.25, -0.2) is 9.37 Å². The van der Waals surface area contributed by atoms with Crippen LogP contribution >= 0.6 is 0 Å². The summed E-state index contributed by atoms with van der Waals surface area (Å²) < 4.78 is 25.2. The lowest BCUT2D eigenvalue weighted by Crippen LogP contribution is -2.33. The van der Waals surface area contributed by atoms with E-state index in [1.54, 1.807) is 12.3 Å². The van der Waals surface area contributed by atoms with E-state index in [0.29, 0.717) is 12.4 Å². The van der Waals surface area contributed by atoms with Gasteiger partial charge in [0.25, 0.3) is 0 Å². The van der Waals surface area contributed by atoms with Crippen molar-refractivity contribution in [2.24, 2.45) is 0 Å². The van der Waals surface area contributed by atoms with E-state index in [4.69, 9.17) is 9.26 Å². The first-order chi connectivity index (χ1) is 12.0. The van der Waals surface area contributed by atoms with Crippen molar-refractivity contribution in [3.8, 4) is 0 Å². The summed E-state index contributed by atoms with van der Waals surface area (Å²) in [4.78, 5) is 6.46. The molecule has 7 heteroatoms. The number of nitrogens with one attached hydrogen (secondary N) is 1. The first-order valence-electron chi connectivity index (χ1n) is 8.70. The van der Waals surface area contributed by atoms with Crippen LogP contribution in [0.15, 0.2) is 22.9 Å². The van der Waals surface area contributed by atoms with E-state index < -0.39 is 0 Å². The maximum Gasteiger partial charge on any atom is 0.165 e. The van der Waals surface area contributed by atoms with E-state index in [0.717, 1.165) is 43.9 Å². The summed E-state index contributed by atoms with van der Waals surface area (Å²) in [5.74, 6) is 0.865. The van der Waals surface area contributed by atoms with Crippen molar-refractivity contribution < 1.29 is 13.7 Å². The number of aromatic nitrogens is 2. The van der Waals surface area contributed by atoms with E-state index in [1.807, 2.05) is 13.8 Å². The van der Waals surface area contributed by atoms with Crippen LogP contribution in [0.1, 0.15) is 29.9 Å². The zero-order chi connectivity index (χ0) is 17.4. The Bertz CT molecular complexity index is 746. The average molecular weight is 346 g/mol. The number of rotatable bonds is 4. The lowest BCUT2D eigenvalue weighted by atomic mass is 9.97. The van der Waals surface area contributed by atoms with Crippen LogP contribution in [-0.4, -0.2) is 46.4 Å². The van der Waals surface area contributed by atoms with Crippen LogP contribution in [0.25, 0.3) is 0 Å². The molecule has 2 atom stereocenters. The summed E-state index contributed by atoms with van der Waals surface area (Å²) in [5, 5.41) is 7.21. The van der Waals surface area contributed by atoms with Crippen molar-refractivity contribution in [3.05, 3.63) is 41.2 Å². The van der Waals surface area contributed by atoms with Crippen molar-refractivity contribution in [2.75, 3.05) is 25.0 Å². The molecule has 6 nitrogen and oxygen atoms in total. The third-order valence-electron chi connectivity index (χ3n) is 5.27. The fraction of sp³-hybridized carbons (Fsp3) is 0.556. The Labute approximate surface area is 146 Å². The molecule has 2 aliphatic heterocycles. The minimum absolute atomic E-state index is 0.0865. The van der Waals surface area contributed by atoms with Gasteiger partial charge in [-0.15, -0.1) is 0 Å². The summed E-state index contributed by atoms with van der Waals surface area (Å²) in [5.41, 5.74) is 1.97. The monoisotopic (exact) mass is 346 g/mol. The molecule has 0 aromatic carbocycles. The number of likely N-dealkylation sites (tertiary alicyclic amines) is 1. The molecule has 0 aliphatic carbocycles. The fourth-order valence-corrected chi connectivity index (χ4v) is 3.92. The molecule has 4 heterocycles. The van der Waals surface area contributed by atoms with Gasteiger partial charge >= 0.3 is 0 Å². The van der Waals surface area contributed by atoms with Gasteiger partial charge in [-0.05, 0) is 32.4 Å². The minimum atomic E-state index is -0.324. The molecule has 0 radical (unpaired) electrons. The molecule has 1 N–H and O–H groups in total. The average Bonchev–Trinajstić information content (AvgIpc) is 3.27. The van der Waals surface area contributed by atoms with Crippen LogP contribution in [0.4, 0.5) is 10.2 Å². The summed E-state index contributed by atoms with van der Waals surface area (Å²) in [7, 11) is 0. The lowest BCUT2D eigenvalue weighted by Gasteiger charge is -2.23. The van der Waals surface area contributed by atoms with E-state index in [-0.39, 0.29) is 17.5 Å². The number of hydrogen-bond acceptors (Lipinski definition) is 6. The molecule has 1 spiro atoms. The minimum Gasteiger partial charge on any atom is -0.371 e. The molecule has 2 aromatic rings. The van der Waals surface area contributed by atoms with E-state index >= 15 is 0 Å². The predicted octanol–water partition coefficient (Wildman–Crippen LogP) is 2.67. The van der Waals surface area contributed by atoms with Crippen LogP contribution in [0.5, 0.6) is 0 Å². The normalized spacial score (nSPS) is 26.6. The first kappa shape index (κ1) is 16.5. The third kappa shape index (κ3) is 3.26. The summed E-state index contributed by atoms with van der Waals surface area (Å²) >= 11 is 0. The molecule has 2 aromatic heterocycles. The molecule has 2 fully saturated rings. The van der Waals surface area contributed by atoms with Gasteiger partial charge in [0.15, 0.2) is 11.6 Å². The molecule has 0 saturated carbocycles. The largest absolute Gasteiger partial charge is 0.371 e. The molecule has 2 saturated heterocycles. The van der Waals surface area contributed by atoms with Gasteiger partial charge in [-0.2, -0.15) is 0 Å². The van der Waals surface area contributed by atoms with Gasteiger partial charge < -0.3 is 14.6 Å². The van der Waals surface area contributed by atoms with Crippen molar-refractivity contribution in [2.45, 2.75) is 44.9 Å². The second-order valence-electron chi connectivity index (χ2n) is 7.14. The standard InChI is InChI=1S/C18H23FN4O2/c1-12-15(13(2)25-22-12)9-23-7-5-18(11-23)8-14(10-24-18)21-17-16(19)4-3-6-20-17/h3-4,6,14H,5,7-11H2,1-2H3,(H,20,21)/t14-,18-/m1/s1. The quantitative estimate of drug-likeness (QED) is 0.918. The second kappa shape index (κ2) is 6.38. The van der Waals surface area contributed by atoms with Crippen LogP contribution in [0.2, 0.25) is 0 Å². The van der Waals surface area contributed by atoms with E-state index in [1.165, 1.54) is 11.6 Å². The van der Waals surface area contributed by atoms with E-state index in [9.17, 15) is 4.39 Å². The zero-order valence-corrected chi connectivity index (χ0v) is 14.6. The van der Waals surface area contributed by atoms with Crippen molar-refractivity contribution in [1.29, 1.82) is 0 Å². The molecule has 25 heavy (non-hydrogen) atoms. The number of pyridine rings is 1. The fourth-order valence-electron chi connectivity index (χ4n) is 3.92. The van der Waals surface area contributed by atoms with Crippen LogP contribution in [0, 0.1) is 19.7 Å². The topological polar surface area (TPSA) is 63.4 Å². The van der Waals surface area contributed by atoms with Crippen LogP contribution < -0.4 is 5.32 Å². The number of hydrogen-bond donors (Lipinski definition) is 1. The molecule has 4 rings (SSSR count). The van der Waals surface area contributed by atoms with Crippen LogP contribution in [-0.2, 0) is 11.3 Å². The van der Waals surface area contributed by atoms with Crippen molar-refractivity contribution in [1.82, 2.24) is 15.0 Å². The van der Waals surface area contributed by atoms with Crippen molar-refractivity contribution >= 4 is 5.82 Å². The maximum absolute atomic E-state index is 13.8. The zero-order valence-electron chi connectivity index (χ0n) is 14.6. The highest BCUT2D eigenvalue weighted by Crippen LogP contribution is 2.37. The van der Waals surface area contributed by atoms with E-state index in [2.05, 4.69) is 20.4 Å². The smallest absolute Gasteiger partial charge is 0.165 e. The predicted molar refractivity (Wildman–Crippen MR) is 90.8 cm³/mol. The Hall–Kier alpha value is -1.99. The Balaban J connectivity index is 1.37. The van der Waals surface area contributed by atoms with Gasteiger partial charge in [-0.1, -0.05) is 5.16 Å². The van der Waals surface area contributed by atoms with Gasteiger partial charge in [0.05, 0.1) is 23.9 Å².